The molecule has 1 heterocycles. The minimum absolute atomic E-state index is 0.154. The molecule has 0 amide bonds. The Morgan fingerprint density at radius 2 is 2.29 bits per heavy atom. The zero-order valence-electron chi connectivity index (χ0n) is 9.31. The fourth-order valence-electron chi connectivity index (χ4n) is 2.15. The van der Waals surface area contributed by atoms with E-state index in [-0.39, 0.29) is 12.4 Å². The molecule has 3 rings (SSSR count). The first-order valence-electron chi connectivity index (χ1n) is 5.74. The highest BCUT2D eigenvalue weighted by Crippen LogP contribution is 2.39. The van der Waals surface area contributed by atoms with Crippen LogP contribution in [0.3, 0.4) is 0 Å². The number of rotatable bonds is 3. The number of hydrogen-bond donors (Lipinski definition) is 2. The van der Waals surface area contributed by atoms with Crippen LogP contribution in [0.25, 0.3) is 11.0 Å². The lowest BCUT2D eigenvalue weighted by molar-refractivity contribution is 0.261. The highest BCUT2D eigenvalue weighted by molar-refractivity contribution is 5.76. The summed E-state index contributed by atoms with van der Waals surface area (Å²) < 4.78 is 15.2. The molecule has 1 aliphatic rings. The Morgan fingerprint density at radius 3 is 2.94 bits per heavy atom. The number of halogens is 1. The Labute approximate surface area is 97.9 Å². The fourth-order valence-corrected chi connectivity index (χ4v) is 2.15. The Hall–Kier alpha value is -1.46. The molecule has 0 bridgehead atoms. The van der Waals surface area contributed by atoms with Gasteiger partial charge in [-0.1, -0.05) is 0 Å². The van der Waals surface area contributed by atoms with Gasteiger partial charge in [0.15, 0.2) is 0 Å². The predicted molar refractivity (Wildman–Crippen MR) is 62.0 cm³/mol. The van der Waals surface area contributed by atoms with E-state index in [1.54, 1.807) is 6.07 Å². The van der Waals surface area contributed by atoms with Crippen molar-refractivity contribution in [1.29, 1.82) is 0 Å². The molecule has 0 saturated heterocycles. The van der Waals surface area contributed by atoms with Crippen LogP contribution in [0.15, 0.2) is 18.2 Å². The van der Waals surface area contributed by atoms with Crippen molar-refractivity contribution >= 4 is 11.0 Å². The largest absolute Gasteiger partial charge is 0.394 e. The maximum absolute atomic E-state index is 13.1. The molecule has 1 aliphatic carbocycles. The summed E-state index contributed by atoms with van der Waals surface area (Å²) in [5.74, 6) is 0.345. The lowest BCUT2D eigenvalue weighted by Gasteiger charge is -2.11. The second-order valence-electron chi connectivity index (χ2n) is 4.49. The molecule has 0 aliphatic heterocycles. The van der Waals surface area contributed by atoms with Gasteiger partial charge in [0, 0.05) is 12.1 Å². The molecule has 3 N–H and O–H groups in total. The van der Waals surface area contributed by atoms with Gasteiger partial charge in [-0.25, -0.2) is 9.37 Å². The maximum atomic E-state index is 13.1. The zero-order chi connectivity index (χ0) is 12.0. The second kappa shape index (κ2) is 3.78. The average molecular weight is 235 g/mol. The van der Waals surface area contributed by atoms with Crippen molar-refractivity contribution in [3.63, 3.8) is 0 Å². The molecule has 1 saturated carbocycles. The van der Waals surface area contributed by atoms with Gasteiger partial charge in [0.1, 0.15) is 11.6 Å². The number of nitrogens with zero attached hydrogens (tertiary/aromatic N) is 2. The Kier molecular flexibility index (Phi) is 2.38. The molecule has 1 atom stereocenters. The predicted octanol–water partition coefficient (Wildman–Crippen LogP) is 1.50. The molecule has 1 fully saturated rings. The third-order valence-electron chi connectivity index (χ3n) is 3.12. The number of benzene rings is 1. The van der Waals surface area contributed by atoms with Crippen LogP contribution in [0.2, 0.25) is 0 Å². The van der Waals surface area contributed by atoms with Crippen molar-refractivity contribution in [2.45, 2.75) is 24.9 Å². The lowest BCUT2D eigenvalue weighted by Crippen LogP contribution is -2.19. The SMILES string of the molecule is NC(CO)c1nc2cc(F)ccc2n1C1CC1. The Balaban J connectivity index is 2.22. The first-order chi connectivity index (χ1) is 8.20. The molecule has 90 valence electrons. The quantitative estimate of drug-likeness (QED) is 0.847. The van der Waals surface area contributed by atoms with Crippen LogP contribution in [0.1, 0.15) is 30.7 Å². The summed E-state index contributed by atoms with van der Waals surface area (Å²) in [7, 11) is 0. The van der Waals surface area contributed by atoms with Crippen molar-refractivity contribution < 1.29 is 9.50 Å². The van der Waals surface area contributed by atoms with Crippen LogP contribution in [-0.4, -0.2) is 21.3 Å². The average Bonchev–Trinajstić information content (AvgIpc) is 3.09. The van der Waals surface area contributed by atoms with Crippen LogP contribution >= 0.6 is 0 Å². The van der Waals surface area contributed by atoms with Crippen molar-refractivity contribution in [2.75, 3.05) is 6.61 Å². The van der Waals surface area contributed by atoms with Gasteiger partial charge in [0.2, 0.25) is 0 Å². The first kappa shape index (κ1) is 10.7. The van der Waals surface area contributed by atoms with Crippen LogP contribution in [0.5, 0.6) is 0 Å². The van der Waals surface area contributed by atoms with E-state index in [0.717, 1.165) is 18.4 Å². The fraction of sp³-hybridized carbons (Fsp3) is 0.417. The molecular weight excluding hydrogens is 221 g/mol. The molecule has 2 aromatic rings. The van der Waals surface area contributed by atoms with E-state index >= 15 is 0 Å². The van der Waals surface area contributed by atoms with E-state index in [9.17, 15) is 4.39 Å². The van der Waals surface area contributed by atoms with E-state index in [1.807, 2.05) is 4.57 Å². The summed E-state index contributed by atoms with van der Waals surface area (Å²) in [6.07, 6.45) is 2.18. The molecule has 1 aromatic heterocycles. The van der Waals surface area contributed by atoms with Gasteiger partial charge in [-0.15, -0.1) is 0 Å². The molecule has 0 spiro atoms. The summed E-state index contributed by atoms with van der Waals surface area (Å²) >= 11 is 0. The standard InChI is InChI=1S/C12H14FN3O/c13-7-1-4-11-10(5-7)15-12(9(14)6-17)16(11)8-2-3-8/h1,4-5,8-9,17H,2-3,6,14H2. The molecule has 0 radical (unpaired) electrons. The molecule has 5 heteroatoms. The van der Waals surface area contributed by atoms with Gasteiger partial charge in [0.05, 0.1) is 23.7 Å². The van der Waals surface area contributed by atoms with Gasteiger partial charge >= 0.3 is 0 Å². The van der Waals surface area contributed by atoms with Crippen LogP contribution in [0, 0.1) is 5.82 Å². The number of fused-ring (bicyclic) bond motifs is 1. The smallest absolute Gasteiger partial charge is 0.129 e. The van der Waals surface area contributed by atoms with Crippen LogP contribution in [-0.2, 0) is 0 Å². The molecule has 1 unspecified atom stereocenters. The Bertz CT molecular complexity index is 562. The van der Waals surface area contributed by atoms with E-state index in [4.69, 9.17) is 10.8 Å². The summed E-state index contributed by atoms with van der Waals surface area (Å²) in [6, 6.07) is 4.45. The van der Waals surface area contributed by atoms with Gasteiger partial charge < -0.3 is 15.4 Å². The lowest BCUT2D eigenvalue weighted by atomic mass is 10.3. The second-order valence-corrected chi connectivity index (χ2v) is 4.49. The monoisotopic (exact) mass is 235 g/mol. The third kappa shape index (κ3) is 1.71. The van der Waals surface area contributed by atoms with E-state index in [1.165, 1.54) is 12.1 Å². The van der Waals surface area contributed by atoms with Crippen molar-refractivity contribution in [1.82, 2.24) is 9.55 Å². The molecule has 1 aromatic carbocycles. The van der Waals surface area contributed by atoms with Crippen molar-refractivity contribution in [3.05, 3.63) is 29.8 Å². The topological polar surface area (TPSA) is 64.1 Å². The zero-order valence-corrected chi connectivity index (χ0v) is 9.31. The Morgan fingerprint density at radius 1 is 1.53 bits per heavy atom. The van der Waals surface area contributed by atoms with Crippen LogP contribution in [0.4, 0.5) is 4.39 Å². The van der Waals surface area contributed by atoms with E-state index in [0.29, 0.717) is 17.4 Å². The normalized spacial score (nSPS) is 17.6. The first-order valence-corrected chi connectivity index (χ1v) is 5.74. The van der Waals surface area contributed by atoms with Crippen LogP contribution < -0.4 is 5.73 Å². The number of aliphatic hydroxyl groups is 1. The van der Waals surface area contributed by atoms with E-state index in [2.05, 4.69) is 4.98 Å². The molecule has 17 heavy (non-hydrogen) atoms. The minimum Gasteiger partial charge on any atom is -0.394 e. The number of nitrogens with two attached hydrogens (primary N) is 1. The third-order valence-corrected chi connectivity index (χ3v) is 3.12. The number of hydrogen-bond acceptors (Lipinski definition) is 3. The van der Waals surface area contributed by atoms with Gasteiger partial charge in [-0.2, -0.15) is 0 Å². The van der Waals surface area contributed by atoms with E-state index < -0.39 is 6.04 Å². The van der Waals surface area contributed by atoms with Gasteiger partial charge in [-0.3, -0.25) is 0 Å². The number of imidazole rings is 1. The maximum Gasteiger partial charge on any atom is 0.129 e. The summed E-state index contributed by atoms with van der Waals surface area (Å²) in [6.45, 7) is -0.154. The molecule has 4 nitrogen and oxygen atoms in total. The van der Waals surface area contributed by atoms with Crippen molar-refractivity contribution in [2.24, 2.45) is 5.73 Å². The van der Waals surface area contributed by atoms with Gasteiger partial charge in [0.25, 0.3) is 0 Å². The summed E-state index contributed by atoms with van der Waals surface area (Å²) in [5.41, 5.74) is 7.34. The highest BCUT2D eigenvalue weighted by atomic mass is 19.1. The van der Waals surface area contributed by atoms with Gasteiger partial charge in [-0.05, 0) is 25.0 Å². The van der Waals surface area contributed by atoms with Crippen molar-refractivity contribution in [3.8, 4) is 0 Å². The number of aromatic nitrogens is 2. The summed E-state index contributed by atoms with van der Waals surface area (Å²) in [5, 5.41) is 9.14. The molecular formula is C12H14FN3O. The minimum atomic E-state index is -0.508. The number of aliphatic hydroxyl groups excluding tert-OH is 1. The summed E-state index contributed by atoms with van der Waals surface area (Å²) in [4.78, 5) is 4.34. The highest BCUT2D eigenvalue weighted by Gasteiger charge is 2.29.